The van der Waals surface area contributed by atoms with Crippen LogP contribution in [-0.2, 0) is 16.1 Å². The summed E-state index contributed by atoms with van der Waals surface area (Å²) in [6.45, 7) is -0.0270. The number of benzene rings is 3. The molecule has 3 aromatic rings. The molecule has 34 heavy (non-hydrogen) atoms. The lowest BCUT2D eigenvalue weighted by molar-refractivity contribution is -0.118. The van der Waals surface area contributed by atoms with Gasteiger partial charge in [0, 0.05) is 16.6 Å². The number of carbonyl (C=O) groups is 2. The van der Waals surface area contributed by atoms with Crippen LogP contribution in [0.4, 0.5) is 5.69 Å². The van der Waals surface area contributed by atoms with Gasteiger partial charge in [0.1, 0.15) is 17.4 Å². The van der Waals surface area contributed by atoms with Crippen LogP contribution in [-0.4, -0.2) is 18.4 Å². The third-order valence-corrected chi connectivity index (χ3v) is 5.87. The Morgan fingerprint density at radius 3 is 2.47 bits per heavy atom. The molecule has 0 radical (unpaired) electrons. The molecule has 172 valence electrons. The molecule has 0 saturated heterocycles. The van der Waals surface area contributed by atoms with E-state index in [1.165, 1.54) is 6.08 Å². The van der Waals surface area contributed by atoms with Gasteiger partial charge in [0.25, 0.3) is 11.8 Å². The fourth-order valence-corrected chi connectivity index (χ4v) is 4.46. The highest BCUT2D eigenvalue weighted by molar-refractivity contribution is 9.11. The van der Waals surface area contributed by atoms with E-state index < -0.39 is 11.8 Å². The Hall–Kier alpha value is -3.12. The Morgan fingerprint density at radius 1 is 1.06 bits per heavy atom. The van der Waals surface area contributed by atoms with Gasteiger partial charge in [-0.25, -0.2) is 0 Å². The van der Waals surface area contributed by atoms with Crippen molar-refractivity contribution < 1.29 is 14.3 Å². The lowest BCUT2D eigenvalue weighted by Crippen LogP contribution is -2.24. The molecule has 0 atom stereocenters. The molecule has 0 aliphatic rings. The van der Waals surface area contributed by atoms with Crippen molar-refractivity contribution in [2.75, 3.05) is 11.9 Å². The van der Waals surface area contributed by atoms with Gasteiger partial charge in [-0.15, -0.1) is 0 Å². The maximum absolute atomic E-state index is 12.6. The molecule has 0 saturated carbocycles. The molecule has 0 aliphatic heterocycles. The zero-order valence-corrected chi connectivity index (χ0v) is 21.6. The number of nitrogens with zero attached hydrogens (tertiary/aromatic N) is 1. The average molecular weight is 604 g/mol. The van der Waals surface area contributed by atoms with E-state index in [0.29, 0.717) is 31.0 Å². The molecule has 0 aliphatic carbocycles. The Bertz CT molecular complexity index is 1270. The van der Waals surface area contributed by atoms with E-state index in [1.807, 2.05) is 36.4 Å². The summed E-state index contributed by atoms with van der Waals surface area (Å²) >= 11 is 12.9. The van der Waals surface area contributed by atoms with Crippen molar-refractivity contribution in [3.63, 3.8) is 0 Å². The van der Waals surface area contributed by atoms with Gasteiger partial charge < -0.3 is 15.4 Å². The molecule has 3 rings (SSSR count). The van der Waals surface area contributed by atoms with Crippen molar-refractivity contribution in [1.82, 2.24) is 5.32 Å². The lowest BCUT2D eigenvalue weighted by Gasteiger charge is -2.13. The third-order valence-electron chi connectivity index (χ3n) is 4.49. The van der Waals surface area contributed by atoms with Crippen molar-refractivity contribution >= 4 is 67.0 Å². The Kier molecular flexibility index (Phi) is 9.28. The van der Waals surface area contributed by atoms with Crippen LogP contribution >= 0.6 is 43.5 Å². The first-order valence-corrected chi connectivity index (χ1v) is 11.9. The SMILES string of the molecule is N#C/C(=C\c1cc(Br)cc(Br)c1OCC(=O)Nc1ccccc1Cl)C(=O)NCc1ccccc1. The Balaban J connectivity index is 1.76. The molecule has 0 unspecified atom stereocenters. The second kappa shape index (κ2) is 12.4. The zero-order valence-electron chi connectivity index (χ0n) is 17.6. The highest BCUT2D eigenvalue weighted by Crippen LogP contribution is 2.34. The van der Waals surface area contributed by atoms with Gasteiger partial charge in [-0.2, -0.15) is 5.26 Å². The molecule has 0 fully saturated rings. The van der Waals surface area contributed by atoms with E-state index in [1.54, 1.807) is 36.4 Å². The molecular formula is C25H18Br2ClN3O3. The summed E-state index contributed by atoms with van der Waals surface area (Å²) in [6, 6.07) is 21.6. The number of ether oxygens (including phenoxy) is 1. The van der Waals surface area contributed by atoms with Crippen molar-refractivity contribution in [3.8, 4) is 11.8 Å². The van der Waals surface area contributed by atoms with Gasteiger partial charge >= 0.3 is 0 Å². The minimum absolute atomic E-state index is 0.105. The average Bonchev–Trinajstić information content (AvgIpc) is 2.82. The summed E-state index contributed by atoms with van der Waals surface area (Å²) in [4.78, 5) is 25.0. The molecule has 0 spiro atoms. The first kappa shape index (κ1) is 25.5. The number of halogens is 3. The van der Waals surface area contributed by atoms with E-state index in [9.17, 15) is 14.9 Å². The van der Waals surface area contributed by atoms with E-state index in [0.717, 1.165) is 5.56 Å². The molecule has 0 heterocycles. The second-order valence-electron chi connectivity index (χ2n) is 6.96. The molecule has 6 nitrogen and oxygen atoms in total. The zero-order chi connectivity index (χ0) is 24.5. The smallest absolute Gasteiger partial charge is 0.262 e. The molecule has 2 amide bonds. The number of carbonyl (C=O) groups excluding carboxylic acids is 2. The van der Waals surface area contributed by atoms with E-state index in [2.05, 4.69) is 42.5 Å². The highest BCUT2D eigenvalue weighted by Gasteiger charge is 2.15. The third kappa shape index (κ3) is 7.19. The van der Waals surface area contributed by atoms with Gasteiger partial charge in [-0.1, -0.05) is 70.0 Å². The van der Waals surface area contributed by atoms with Crippen LogP contribution in [0.2, 0.25) is 5.02 Å². The van der Waals surface area contributed by atoms with Crippen LogP contribution < -0.4 is 15.4 Å². The maximum Gasteiger partial charge on any atom is 0.262 e. The van der Waals surface area contributed by atoms with Crippen molar-refractivity contribution in [2.45, 2.75) is 6.54 Å². The quantitative estimate of drug-likeness (QED) is 0.240. The molecule has 9 heteroatoms. The summed E-state index contributed by atoms with van der Waals surface area (Å²) in [7, 11) is 0. The summed E-state index contributed by atoms with van der Waals surface area (Å²) in [5.41, 5.74) is 1.71. The van der Waals surface area contributed by atoms with Crippen LogP contribution in [0, 0.1) is 11.3 Å². The molecule has 3 aromatic carbocycles. The Labute approximate surface area is 218 Å². The molecular weight excluding hydrogens is 586 g/mol. The van der Waals surface area contributed by atoms with Gasteiger partial charge in [-0.3, -0.25) is 9.59 Å². The largest absolute Gasteiger partial charge is 0.482 e. The standard InChI is InChI=1S/C25H18Br2ClN3O3/c26-19-11-17(10-18(13-29)25(33)30-14-16-6-2-1-3-7-16)24(20(27)12-19)34-15-23(32)31-22-9-5-4-8-21(22)28/h1-12H,14-15H2,(H,30,33)(H,31,32)/b18-10+. The number of amides is 2. The molecule has 2 N–H and O–H groups in total. The van der Waals surface area contributed by atoms with Crippen molar-refractivity contribution in [3.05, 3.63) is 97.4 Å². The minimum atomic E-state index is -0.523. The number of hydrogen-bond acceptors (Lipinski definition) is 4. The molecule has 0 aromatic heterocycles. The van der Waals surface area contributed by atoms with Crippen LogP contribution in [0.25, 0.3) is 6.08 Å². The second-order valence-corrected chi connectivity index (χ2v) is 9.14. The first-order valence-electron chi connectivity index (χ1n) is 9.97. The maximum atomic E-state index is 12.6. The van der Waals surface area contributed by atoms with Crippen LogP contribution in [0.3, 0.4) is 0 Å². The van der Waals surface area contributed by atoms with Gasteiger partial charge in [0.2, 0.25) is 0 Å². The first-order chi connectivity index (χ1) is 16.4. The summed E-state index contributed by atoms with van der Waals surface area (Å²) < 4.78 is 6.98. The van der Waals surface area contributed by atoms with E-state index >= 15 is 0 Å². The number of anilines is 1. The number of hydrogen-bond donors (Lipinski definition) is 2. The van der Waals surface area contributed by atoms with Crippen LogP contribution in [0.15, 0.2) is 81.2 Å². The van der Waals surface area contributed by atoms with Crippen LogP contribution in [0.1, 0.15) is 11.1 Å². The number of nitrogens with one attached hydrogen (secondary N) is 2. The van der Waals surface area contributed by atoms with E-state index in [-0.39, 0.29) is 18.7 Å². The van der Waals surface area contributed by atoms with Gasteiger partial charge in [-0.05, 0) is 51.8 Å². The fourth-order valence-electron chi connectivity index (χ4n) is 2.90. The predicted molar refractivity (Wildman–Crippen MR) is 139 cm³/mol. The van der Waals surface area contributed by atoms with Gasteiger partial charge in [0.15, 0.2) is 6.61 Å². The van der Waals surface area contributed by atoms with Gasteiger partial charge in [0.05, 0.1) is 15.2 Å². The number of para-hydroxylation sites is 1. The van der Waals surface area contributed by atoms with E-state index in [4.69, 9.17) is 16.3 Å². The topological polar surface area (TPSA) is 91.2 Å². The lowest BCUT2D eigenvalue weighted by atomic mass is 10.1. The Morgan fingerprint density at radius 2 is 1.76 bits per heavy atom. The highest BCUT2D eigenvalue weighted by atomic mass is 79.9. The summed E-state index contributed by atoms with van der Waals surface area (Å²) in [5, 5.41) is 15.4. The summed E-state index contributed by atoms with van der Waals surface area (Å²) in [5.74, 6) is -0.634. The van der Waals surface area contributed by atoms with Crippen molar-refractivity contribution in [2.24, 2.45) is 0 Å². The van der Waals surface area contributed by atoms with Crippen molar-refractivity contribution in [1.29, 1.82) is 5.26 Å². The predicted octanol–water partition coefficient (Wildman–Crippen LogP) is 6.11. The fraction of sp³-hybridized carbons (Fsp3) is 0.0800. The monoisotopic (exact) mass is 601 g/mol. The molecule has 0 bridgehead atoms. The normalized spacial score (nSPS) is 10.8. The minimum Gasteiger partial charge on any atom is -0.482 e. The number of rotatable bonds is 8. The van der Waals surface area contributed by atoms with Crippen LogP contribution in [0.5, 0.6) is 5.75 Å². The summed E-state index contributed by atoms with van der Waals surface area (Å²) in [6.07, 6.45) is 1.41. The number of nitriles is 1.